The van der Waals surface area contributed by atoms with Crippen LogP contribution >= 0.6 is 0 Å². The van der Waals surface area contributed by atoms with Crippen LogP contribution in [0.2, 0.25) is 0 Å². The summed E-state index contributed by atoms with van der Waals surface area (Å²) in [4.78, 5) is 45.8. The number of nitrogens with one attached hydrogen (secondary N) is 2. The summed E-state index contributed by atoms with van der Waals surface area (Å²) in [5, 5.41) is 10.4. The van der Waals surface area contributed by atoms with Crippen molar-refractivity contribution >= 4 is 17.7 Å². The number of benzene rings is 3. The van der Waals surface area contributed by atoms with E-state index in [2.05, 4.69) is 15.7 Å². The van der Waals surface area contributed by atoms with Crippen LogP contribution in [-0.4, -0.2) is 77.8 Å². The number of ether oxygens (including phenoxy) is 3. The Morgan fingerprint density at radius 3 is 2.50 bits per heavy atom. The Kier molecular flexibility index (Phi) is 10.1. The van der Waals surface area contributed by atoms with E-state index < -0.39 is 29.6 Å². The Labute approximate surface area is 265 Å². The van der Waals surface area contributed by atoms with Gasteiger partial charge < -0.3 is 29.7 Å². The maximum atomic E-state index is 14.3. The van der Waals surface area contributed by atoms with Crippen LogP contribution in [-0.2, 0) is 22.6 Å². The highest BCUT2D eigenvalue weighted by molar-refractivity contribution is 5.95. The summed E-state index contributed by atoms with van der Waals surface area (Å²) in [6.07, 6.45) is -0.161. The third-order valence-electron chi connectivity index (χ3n) is 7.41. The van der Waals surface area contributed by atoms with Crippen molar-refractivity contribution < 1.29 is 33.0 Å². The third kappa shape index (κ3) is 7.60. The molecule has 2 bridgehead atoms. The molecule has 1 aliphatic heterocycles. The van der Waals surface area contributed by atoms with Crippen molar-refractivity contribution in [3.05, 3.63) is 89.5 Å². The van der Waals surface area contributed by atoms with E-state index in [-0.39, 0.29) is 45.0 Å². The number of fused-ring (bicyclic) bond motifs is 3. The third-order valence-corrected chi connectivity index (χ3v) is 7.41. The summed E-state index contributed by atoms with van der Waals surface area (Å²) >= 11 is 0. The maximum absolute atomic E-state index is 14.3. The van der Waals surface area contributed by atoms with Gasteiger partial charge in [0.1, 0.15) is 12.4 Å². The number of carbonyl (C=O) groups excluding carboxylic acids is 3. The molecule has 1 aliphatic rings. The molecule has 2 N–H and O–H groups in total. The van der Waals surface area contributed by atoms with Gasteiger partial charge >= 0.3 is 0 Å². The minimum Gasteiger partial charge on any atom is -0.494 e. The van der Waals surface area contributed by atoms with Crippen molar-refractivity contribution in [2.45, 2.75) is 25.9 Å². The molecular formula is C33H35FN6O6. The summed E-state index contributed by atoms with van der Waals surface area (Å²) < 4.78 is 32.4. The number of hydrogen-bond acceptors (Lipinski definition) is 8. The van der Waals surface area contributed by atoms with Gasteiger partial charge in [0.25, 0.3) is 5.91 Å². The molecule has 3 aromatic carbocycles. The standard InChI is InChI=1S/C33H35FN6O6/c1-21-32-37-31(23-7-5-4-6-8-23)38-40(32)15-16-46-28-19-24(10-12-27(28)45-3)33(43)35-13-14-39(20-29(41)36-21)30(42)18-22-9-11-26(44-2)25(34)17-22/h4-12,17,19,21H,13-16,18,20H2,1-3H3,(H,35,43)(H,36,41)/t21-/m1/s1. The van der Waals surface area contributed by atoms with E-state index >= 15 is 0 Å². The lowest BCUT2D eigenvalue weighted by molar-refractivity contribution is -0.135. The molecule has 46 heavy (non-hydrogen) atoms. The van der Waals surface area contributed by atoms with E-state index in [1.807, 2.05) is 30.3 Å². The molecule has 0 fully saturated rings. The van der Waals surface area contributed by atoms with Gasteiger partial charge in [-0.3, -0.25) is 14.4 Å². The van der Waals surface area contributed by atoms with Gasteiger partial charge in [-0.1, -0.05) is 36.4 Å². The van der Waals surface area contributed by atoms with Crippen molar-refractivity contribution in [3.8, 4) is 28.6 Å². The average molecular weight is 631 g/mol. The van der Waals surface area contributed by atoms with E-state index in [9.17, 15) is 18.8 Å². The fourth-order valence-electron chi connectivity index (χ4n) is 5.05. The highest BCUT2D eigenvalue weighted by Gasteiger charge is 2.24. The van der Waals surface area contributed by atoms with Gasteiger partial charge in [-0.25, -0.2) is 14.1 Å². The summed E-state index contributed by atoms with van der Waals surface area (Å²) in [6, 6.07) is 17.9. The highest BCUT2D eigenvalue weighted by atomic mass is 19.1. The molecule has 12 nitrogen and oxygen atoms in total. The molecule has 2 heterocycles. The Balaban J connectivity index is 1.44. The smallest absolute Gasteiger partial charge is 0.251 e. The first-order valence-electron chi connectivity index (χ1n) is 14.7. The van der Waals surface area contributed by atoms with Gasteiger partial charge in [0.05, 0.1) is 39.8 Å². The van der Waals surface area contributed by atoms with Crippen LogP contribution in [0.5, 0.6) is 17.2 Å². The topological polar surface area (TPSA) is 137 Å². The molecule has 1 atom stereocenters. The zero-order valence-corrected chi connectivity index (χ0v) is 25.8. The van der Waals surface area contributed by atoms with Gasteiger partial charge in [-0.15, -0.1) is 0 Å². The van der Waals surface area contributed by atoms with Crippen LogP contribution in [0.25, 0.3) is 11.4 Å². The Morgan fingerprint density at radius 1 is 1.00 bits per heavy atom. The quantitative estimate of drug-likeness (QED) is 0.343. The first kappa shape index (κ1) is 31.9. The van der Waals surface area contributed by atoms with E-state index in [4.69, 9.17) is 19.2 Å². The van der Waals surface area contributed by atoms with Crippen LogP contribution in [0.1, 0.15) is 34.7 Å². The van der Waals surface area contributed by atoms with Gasteiger partial charge in [-0.05, 0) is 42.8 Å². The number of nitrogens with zero attached hydrogens (tertiary/aromatic N) is 4. The first-order chi connectivity index (χ1) is 22.2. The van der Waals surface area contributed by atoms with Crippen molar-refractivity contribution in [1.29, 1.82) is 0 Å². The molecule has 0 saturated heterocycles. The second-order valence-corrected chi connectivity index (χ2v) is 10.6. The van der Waals surface area contributed by atoms with Gasteiger partial charge in [-0.2, -0.15) is 5.10 Å². The Hall–Kier alpha value is -5.46. The van der Waals surface area contributed by atoms with Crippen molar-refractivity contribution in [2.24, 2.45) is 0 Å². The minimum absolute atomic E-state index is 0.0266. The number of rotatable bonds is 5. The first-order valence-corrected chi connectivity index (χ1v) is 14.7. The molecule has 0 unspecified atom stereocenters. The number of hydrogen-bond donors (Lipinski definition) is 2. The highest BCUT2D eigenvalue weighted by Crippen LogP contribution is 2.28. The van der Waals surface area contributed by atoms with Gasteiger partial charge in [0.2, 0.25) is 11.8 Å². The largest absolute Gasteiger partial charge is 0.494 e. The lowest BCUT2D eigenvalue weighted by Gasteiger charge is -2.24. The van der Waals surface area contributed by atoms with E-state index in [1.165, 1.54) is 31.3 Å². The summed E-state index contributed by atoms with van der Waals surface area (Å²) in [7, 11) is 2.86. The monoisotopic (exact) mass is 630 g/mol. The zero-order chi connectivity index (χ0) is 32.6. The molecule has 1 aromatic heterocycles. The maximum Gasteiger partial charge on any atom is 0.251 e. The molecule has 13 heteroatoms. The van der Waals surface area contributed by atoms with Crippen molar-refractivity contribution in [2.75, 3.05) is 40.5 Å². The number of aromatic nitrogens is 3. The lowest BCUT2D eigenvalue weighted by Crippen LogP contribution is -2.45. The van der Waals surface area contributed by atoms with Crippen LogP contribution in [0.15, 0.2) is 66.7 Å². The number of methoxy groups -OCH3 is 2. The predicted octanol–water partition coefficient (Wildman–Crippen LogP) is 3.17. The van der Waals surface area contributed by atoms with E-state index in [1.54, 1.807) is 35.9 Å². The van der Waals surface area contributed by atoms with Crippen LogP contribution < -0.4 is 24.8 Å². The number of amides is 3. The summed E-state index contributed by atoms with van der Waals surface area (Å²) in [5.41, 5.74) is 1.54. The van der Waals surface area contributed by atoms with E-state index in [0.717, 1.165) is 5.56 Å². The Morgan fingerprint density at radius 2 is 1.76 bits per heavy atom. The molecule has 0 spiro atoms. The zero-order valence-electron chi connectivity index (χ0n) is 25.8. The minimum atomic E-state index is -0.600. The molecule has 5 rings (SSSR count). The average Bonchev–Trinajstić information content (AvgIpc) is 3.48. The molecule has 4 aromatic rings. The second-order valence-electron chi connectivity index (χ2n) is 10.6. The fraction of sp³-hybridized carbons (Fsp3) is 0.303. The summed E-state index contributed by atoms with van der Waals surface area (Å²) in [5.74, 6) is -0.0171. The SMILES string of the molecule is COc1ccc(CC(=O)N2CCNC(=O)c3ccc(OC)c(c3)OCCn3nc(-c4ccccc4)nc3[C@@H](C)NC(=O)C2)cc1F. The lowest BCUT2D eigenvalue weighted by atomic mass is 10.1. The molecule has 240 valence electrons. The van der Waals surface area contributed by atoms with E-state index in [0.29, 0.717) is 34.3 Å². The Bertz CT molecular complexity index is 1710. The molecular weight excluding hydrogens is 595 g/mol. The van der Waals surface area contributed by atoms with Crippen LogP contribution in [0.3, 0.4) is 0 Å². The normalized spacial score (nSPS) is 15.9. The van der Waals surface area contributed by atoms with Gasteiger partial charge in [0.15, 0.2) is 28.9 Å². The van der Waals surface area contributed by atoms with Crippen LogP contribution in [0.4, 0.5) is 4.39 Å². The van der Waals surface area contributed by atoms with Gasteiger partial charge in [0, 0.05) is 24.2 Å². The predicted molar refractivity (Wildman–Crippen MR) is 166 cm³/mol. The molecule has 0 radical (unpaired) electrons. The fourth-order valence-corrected chi connectivity index (χ4v) is 5.05. The van der Waals surface area contributed by atoms with Crippen LogP contribution in [0, 0.1) is 5.82 Å². The van der Waals surface area contributed by atoms with Crippen molar-refractivity contribution in [1.82, 2.24) is 30.3 Å². The summed E-state index contributed by atoms with van der Waals surface area (Å²) in [6.45, 7) is 2.01. The number of halogens is 1. The molecule has 0 saturated carbocycles. The molecule has 3 amide bonds. The number of carbonyl (C=O) groups is 3. The second kappa shape index (κ2) is 14.5. The van der Waals surface area contributed by atoms with Crippen molar-refractivity contribution in [3.63, 3.8) is 0 Å². The molecule has 0 aliphatic carbocycles.